The fourth-order valence-corrected chi connectivity index (χ4v) is 3.33. The number of aliphatic hydroxyl groups is 4. The van der Waals surface area contributed by atoms with Gasteiger partial charge in [0.2, 0.25) is 6.29 Å². The summed E-state index contributed by atoms with van der Waals surface area (Å²) >= 11 is 0. The predicted molar refractivity (Wildman–Crippen MR) is 107 cm³/mol. The van der Waals surface area contributed by atoms with Crippen molar-refractivity contribution in [2.45, 2.75) is 37.1 Å². The quantitative estimate of drug-likeness (QED) is 0.228. The maximum absolute atomic E-state index is 12.8. The average molecular weight is 432 g/mol. The lowest BCUT2D eigenvalue weighted by molar-refractivity contribution is -0.277. The maximum atomic E-state index is 12.8. The Balaban J connectivity index is 1.78. The van der Waals surface area contributed by atoms with Crippen LogP contribution in [0.2, 0.25) is 0 Å². The molecule has 2 aliphatic rings. The van der Waals surface area contributed by atoms with Crippen LogP contribution in [0.1, 0.15) is 16.8 Å². The first-order valence-corrected chi connectivity index (χ1v) is 9.71. The van der Waals surface area contributed by atoms with Crippen LogP contribution >= 0.6 is 0 Å². The highest BCUT2D eigenvalue weighted by molar-refractivity contribution is 6.08. The minimum Gasteiger partial charge on any atom is -0.507 e. The third kappa shape index (κ3) is 5.09. The zero-order valence-electron chi connectivity index (χ0n) is 16.4. The average Bonchev–Trinajstić information content (AvgIpc) is 2.78. The van der Waals surface area contributed by atoms with E-state index in [0.29, 0.717) is 12.0 Å². The molecule has 1 fully saturated rings. The molecule has 0 bridgehead atoms. The molecule has 5 N–H and O–H groups in total. The van der Waals surface area contributed by atoms with E-state index in [1.54, 1.807) is 24.3 Å². The van der Waals surface area contributed by atoms with Crippen molar-refractivity contribution in [2.24, 2.45) is 5.92 Å². The number of aromatic hydroxyl groups is 1. The van der Waals surface area contributed by atoms with Gasteiger partial charge in [-0.2, -0.15) is 0 Å². The summed E-state index contributed by atoms with van der Waals surface area (Å²) in [4.78, 5) is 23.5. The van der Waals surface area contributed by atoms with Crippen LogP contribution in [-0.4, -0.2) is 74.9 Å². The lowest BCUT2D eigenvalue weighted by atomic mass is 9.96. The first-order chi connectivity index (χ1) is 14.8. The van der Waals surface area contributed by atoms with Crippen LogP contribution in [0.25, 0.3) is 0 Å². The van der Waals surface area contributed by atoms with Crippen molar-refractivity contribution in [3.05, 3.63) is 59.7 Å². The van der Waals surface area contributed by atoms with Gasteiger partial charge < -0.3 is 35.0 Å². The Hall–Kier alpha value is -2.82. The molecule has 9 heteroatoms. The molecule has 6 atom stereocenters. The van der Waals surface area contributed by atoms with Gasteiger partial charge in [-0.3, -0.25) is 9.59 Å². The Morgan fingerprint density at radius 1 is 1.19 bits per heavy atom. The molecule has 31 heavy (non-hydrogen) atoms. The van der Waals surface area contributed by atoms with Crippen molar-refractivity contribution >= 4 is 12.1 Å². The van der Waals surface area contributed by atoms with E-state index >= 15 is 0 Å². The first-order valence-electron chi connectivity index (χ1n) is 9.71. The van der Waals surface area contributed by atoms with E-state index in [9.17, 15) is 35.1 Å². The fraction of sp³-hybridized carbons (Fsp3) is 0.364. The van der Waals surface area contributed by atoms with Crippen molar-refractivity contribution in [3.63, 3.8) is 0 Å². The first kappa shape index (κ1) is 22.9. The van der Waals surface area contributed by atoms with Crippen LogP contribution < -0.4 is 4.74 Å². The van der Waals surface area contributed by atoms with Crippen molar-refractivity contribution in [1.29, 1.82) is 0 Å². The van der Waals surface area contributed by atoms with Crippen LogP contribution in [0.3, 0.4) is 0 Å². The number of aldehydes is 1. The fourth-order valence-electron chi connectivity index (χ4n) is 3.33. The second-order valence-corrected chi connectivity index (χ2v) is 7.27. The summed E-state index contributed by atoms with van der Waals surface area (Å²) in [7, 11) is 0. The Kier molecular flexibility index (Phi) is 7.37. The lowest BCUT2D eigenvalue weighted by Crippen LogP contribution is -2.60. The van der Waals surface area contributed by atoms with Gasteiger partial charge in [-0.1, -0.05) is 30.4 Å². The molecule has 166 valence electrons. The minimum absolute atomic E-state index is 0.103. The molecule has 1 heterocycles. The molecule has 0 aromatic heterocycles. The molecule has 0 radical (unpaired) electrons. The van der Waals surface area contributed by atoms with Crippen LogP contribution in [0.15, 0.2) is 54.2 Å². The summed E-state index contributed by atoms with van der Waals surface area (Å²) in [6.07, 6.45) is 1.83. The van der Waals surface area contributed by atoms with E-state index in [-0.39, 0.29) is 23.0 Å². The molecule has 1 aliphatic heterocycles. The van der Waals surface area contributed by atoms with E-state index in [1.165, 1.54) is 24.3 Å². The Labute approximate surface area is 178 Å². The smallest absolute Gasteiger partial charge is 0.229 e. The monoisotopic (exact) mass is 432 g/mol. The van der Waals surface area contributed by atoms with Crippen molar-refractivity contribution in [3.8, 4) is 11.5 Å². The van der Waals surface area contributed by atoms with Gasteiger partial charge in [0.15, 0.2) is 5.78 Å². The third-order valence-electron chi connectivity index (χ3n) is 5.13. The SMILES string of the molecule is O=CC1=CCC(C=CC(=O)c2c(O)cccc2O[C@@H]2O[C@H](CO)[C@@H](O)[C@H](O)[C@H]2O)C=C1. The Morgan fingerprint density at radius 3 is 2.61 bits per heavy atom. The van der Waals surface area contributed by atoms with E-state index in [2.05, 4.69) is 0 Å². The van der Waals surface area contributed by atoms with Crippen molar-refractivity contribution in [2.75, 3.05) is 6.61 Å². The maximum Gasteiger partial charge on any atom is 0.229 e. The molecule has 1 aromatic rings. The minimum atomic E-state index is -1.66. The molecule has 1 aromatic carbocycles. The van der Waals surface area contributed by atoms with Gasteiger partial charge in [-0.05, 0) is 30.5 Å². The number of ketones is 1. The summed E-state index contributed by atoms with van der Waals surface area (Å²) in [5.41, 5.74) is 0.381. The molecule has 1 saturated heterocycles. The predicted octanol–water partition coefficient (Wildman–Crippen LogP) is 0.0112. The summed E-state index contributed by atoms with van der Waals surface area (Å²) in [6, 6.07) is 4.09. The van der Waals surface area contributed by atoms with Crippen molar-refractivity contribution in [1.82, 2.24) is 0 Å². The van der Waals surface area contributed by atoms with Gasteiger partial charge >= 0.3 is 0 Å². The second kappa shape index (κ2) is 9.99. The van der Waals surface area contributed by atoms with Gasteiger partial charge in [0.1, 0.15) is 47.8 Å². The van der Waals surface area contributed by atoms with E-state index in [1.807, 2.05) is 0 Å². The zero-order valence-corrected chi connectivity index (χ0v) is 16.4. The van der Waals surface area contributed by atoms with Gasteiger partial charge in [-0.15, -0.1) is 0 Å². The van der Waals surface area contributed by atoms with Crippen LogP contribution in [-0.2, 0) is 9.53 Å². The van der Waals surface area contributed by atoms with Crippen molar-refractivity contribution < 1.29 is 44.6 Å². The van der Waals surface area contributed by atoms with Gasteiger partial charge in [0, 0.05) is 5.57 Å². The van der Waals surface area contributed by atoms with Gasteiger partial charge in [-0.25, -0.2) is 0 Å². The summed E-state index contributed by atoms with van der Waals surface area (Å²) in [5, 5.41) is 49.5. The molecule has 0 saturated carbocycles. The highest BCUT2D eigenvalue weighted by Gasteiger charge is 2.45. The van der Waals surface area contributed by atoms with E-state index in [0.717, 1.165) is 6.29 Å². The van der Waals surface area contributed by atoms with Crippen LogP contribution in [0.4, 0.5) is 0 Å². The summed E-state index contributed by atoms with van der Waals surface area (Å²) in [5.74, 6) is -1.15. The van der Waals surface area contributed by atoms with E-state index in [4.69, 9.17) is 9.47 Å². The molecule has 1 aliphatic carbocycles. The number of hydrogen-bond donors (Lipinski definition) is 5. The second-order valence-electron chi connectivity index (χ2n) is 7.27. The number of ether oxygens (including phenoxy) is 2. The topological polar surface area (TPSA) is 154 Å². The summed E-state index contributed by atoms with van der Waals surface area (Å²) in [6.45, 7) is -0.630. The van der Waals surface area contributed by atoms with Crippen LogP contribution in [0.5, 0.6) is 11.5 Å². The Bertz CT molecular complexity index is 902. The number of hydrogen-bond acceptors (Lipinski definition) is 9. The van der Waals surface area contributed by atoms with Gasteiger partial charge in [0.05, 0.1) is 6.61 Å². The van der Waals surface area contributed by atoms with E-state index < -0.39 is 43.1 Å². The molecule has 9 nitrogen and oxygen atoms in total. The molecule has 3 rings (SSSR count). The number of aliphatic hydroxyl groups excluding tert-OH is 4. The number of allylic oxidation sites excluding steroid dienone is 6. The normalized spacial score (nSPS) is 30.8. The van der Waals surface area contributed by atoms with Gasteiger partial charge in [0.25, 0.3) is 0 Å². The largest absolute Gasteiger partial charge is 0.507 e. The highest BCUT2D eigenvalue weighted by atomic mass is 16.7. The highest BCUT2D eigenvalue weighted by Crippen LogP contribution is 2.32. The summed E-state index contributed by atoms with van der Waals surface area (Å²) < 4.78 is 10.8. The number of benzene rings is 1. The zero-order chi connectivity index (χ0) is 22.5. The lowest BCUT2D eigenvalue weighted by Gasteiger charge is -2.39. The molecule has 0 amide bonds. The number of carbonyl (C=O) groups is 2. The van der Waals surface area contributed by atoms with Crippen LogP contribution in [0, 0.1) is 5.92 Å². The molecular weight excluding hydrogens is 408 g/mol. The number of phenols is 1. The number of rotatable bonds is 7. The molecule has 1 unspecified atom stereocenters. The number of phenolic OH excluding ortho intramolecular Hbond substituents is 1. The molecular formula is C22H24O9. The molecule has 0 spiro atoms. The Morgan fingerprint density at radius 2 is 1.97 bits per heavy atom. The third-order valence-corrected chi connectivity index (χ3v) is 5.13. The standard InChI is InChI=1S/C22H24O9/c23-10-13-6-4-12(5-7-13)8-9-15(26)18-14(25)2-1-3-16(18)30-22-21(29)20(28)19(27)17(11-24)31-22/h1-4,6-10,12,17,19-22,24-25,27-29H,5,11H2/t12?,17-,19-,20+,21-,22-/m1/s1. The number of carbonyl (C=O) groups excluding carboxylic acids is 2.